The molecule has 0 bridgehead atoms. The third kappa shape index (κ3) is 2.53. The Kier molecular flexibility index (Phi) is 4.04. The lowest BCUT2D eigenvalue weighted by Crippen LogP contribution is -2.30. The number of likely N-dealkylation sites (N-methyl/N-ethyl adjacent to an activating group) is 1. The summed E-state index contributed by atoms with van der Waals surface area (Å²) < 4.78 is 0. The van der Waals surface area contributed by atoms with Gasteiger partial charge in [-0.3, -0.25) is 9.88 Å². The number of aromatic nitrogens is 1. The summed E-state index contributed by atoms with van der Waals surface area (Å²) in [7, 11) is 2.08. The van der Waals surface area contributed by atoms with Crippen molar-refractivity contribution in [3.05, 3.63) is 29.6 Å². The molecule has 1 aromatic rings. The molecule has 0 aliphatic heterocycles. The fourth-order valence-electron chi connectivity index (χ4n) is 1.47. The van der Waals surface area contributed by atoms with Crippen molar-refractivity contribution in [2.45, 2.75) is 19.9 Å². The van der Waals surface area contributed by atoms with Crippen LogP contribution in [0.2, 0.25) is 0 Å². The summed E-state index contributed by atoms with van der Waals surface area (Å²) in [4.78, 5) is 6.51. The predicted octanol–water partition coefficient (Wildman–Crippen LogP) is 1.34. The summed E-state index contributed by atoms with van der Waals surface area (Å²) in [6.45, 7) is 5.75. The van der Waals surface area contributed by atoms with Gasteiger partial charge < -0.3 is 5.73 Å². The second-order valence-corrected chi connectivity index (χ2v) is 3.56. The molecule has 0 saturated carbocycles. The van der Waals surface area contributed by atoms with E-state index in [0.29, 0.717) is 6.54 Å². The Bertz CT molecular complexity index is 268. The van der Waals surface area contributed by atoms with Crippen molar-refractivity contribution >= 4 is 0 Å². The van der Waals surface area contributed by atoms with Gasteiger partial charge in [-0.05, 0) is 32.1 Å². The van der Waals surface area contributed by atoms with Gasteiger partial charge in [0.05, 0.1) is 0 Å². The van der Waals surface area contributed by atoms with E-state index < -0.39 is 0 Å². The van der Waals surface area contributed by atoms with Crippen LogP contribution in [0, 0.1) is 6.92 Å². The quantitative estimate of drug-likeness (QED) is 0.784. The molecule has 0 aromatic carbocycles. The number of nitrogens with two attached hydrogens (primary N) is 1. The summed E-state index contributed by atoms with van der Waals surface area (Å²) in [5.41, 5.74) is 7.99. The number of hydrogen-bond acceptors (Lipinski definition) is 3. The van der Waals surface area contributed by atoms with Crippen molar-refractivity contribution in [3.63, 3.8) is 0 Å². The van der Waals surface area contributed by atoms with E-state index in [1.165, 1.54) is 5.56 Å². The van der Waals surface area contributed by atoms with Crippen LogP contribution in [0.25, 0.3) is 0 Å². The van der Waals surface area contributed by atoms with Crippen LogP contribution in [0.15, 0.2) is 18.3 Å². The molecule has 0 amide bonds. The molecule has 1 rings (SSSR count). The molecular formula is C11H19N3. The zero-order chi connectivity index (χ0) is 10.6. The largest absolute Gasteiger partial charge is 0.329 e. The molecular weight excluding hydrogens is 174 g/mol. The zero-order valence-electron chi connectivity index (χ0n) is 9.20. The number of hydrogen-bond donors (Lipinski definition) is 1. The SMILES string of the molecule is CCN(C)C(CN)c1ccc(C)nc1. The van der Waals surface area contributed by atoms with Crippen molar-refractivity contribution in [2.75, 3.05) is 20.1 Å². The lowest BCUT2D eigenvalue weighted by Gasteiger charge is -2.25. The van der Waals surface area contributed by atoms with Gasteiger partial charge in [0.2, 0.25) is 0 Å². The molecule has 3 heteroatoms. The first kappa shape index (κ1) is 11.1. The van der Waals surface area contributed by atoms with E-state index in [9.17, 15) is 0 Å². The van der Waals surface area contributed by atoms with Crippen LogP contribution in [0.5, 0.6) is 0 Å². The van der Waals surface area contributed by atoms with E-state index in [0.717, 1.165) is 12.2 Å². The first-order chi connectivity index (χ1) is 6.69. The Balaban J connectivity index is 2.84. The molecule has 0 radical (unpaired) electrons. The Labute approximate surface area is 85.9 Å². The molecule has 0 aliphatic carbocycles. The highest BCUT2D eigenvalue weighted by molar-refractivity contribution is 5.17. The molecule has 1 atom stereocenters. The second kappa shape index (κ2) is 5.08. The van der Waals surface area contributed by atoms with Crippen molar-refractivity contribution in [1.82, 2.24) is 9.88 Å². The molecule has 0 spiro atoms. The van der Waals surface area contributed by atoms with Crippen LogP contribution >= 0.6 is 0 Å². The summed E-state index contributed by atoms with van der Waals surface area (Å²) in [6.07, 6.45) is 1.92. The van der Waals surface area contributed by atoms with Gasteiger partial charge in [-0.25, -0.2) is 0 Å². The molecule has 3 nitrogen and oxygen atoms in total. The molecule has 78 valence electrons. The number of nitrogens with zero attached hydrogens (tertiary/aromatic N) is 2. The highest BCUT2D eigenvalue weighted by Gasteiger charge is 2.13. The van der Waals surface area contributed by atoms with E-state index in [-0.39, 0.29) is 6.04 Å². The van der Waals surface area contributed by atoms with E-state index in [1.54, 1.807) is 0 Å². The van der Waals surface area contributed by atoms with E-state index in [1.807, 2.05) is 19.2 Å². The standard InChI is InChI=1S/C11H19N3/c1-4-14(3)11(7-12)10-6-5-9(2)13-8-10/h5-6,8,11H,4,7,12H2,1-3H3. The summed E-state index contributed by atoms with van der Waals surface area (Å²) in [5, 5.41) is 0. The molecule has 0 fully saturated rings. The van der Waals surface area contributed by atoms with Crippen molar-refractivity contribution in [3.8, 4) is 0 Å². The first-order valence-corrected chi connectivity index (χ1v) is 5.02. The Morgan fingerprint density at radius 2 is 2.21 bits per heavy atom. The molecule has 0 aliphatic rings. The molecule has 14 heavy (non-hydrogen) atoms. The highest BCUT2D eigenvalue weighted by atomic mass is 15.1. The predicted molar refractivity (Wildman–Crippen MR) is 59.1 cm³/mol. The third-order valence-corrected chi connectivity index (χ3v) is 2.57. The Morgan fingerprint density at radius 1 is 1.50 bits per heavy atom. The van der Waals surface area contributed by atoms with E-state index in [2.05, 4.69) is 29.9 Å². The van der Waals surface area contributed by atoms with Gasteiger partial charge in [-0.2, -0.15) is 0 Å². The summed E-state index contributed by atoms with van der Waals surface area (Å²) >= 11 is 0. The molecule has 1 unspecified atom stereocenters. The zero-order valence-corrected chi connectivity index (χ0v) is 9.20. The van der Waals surface area contributed by atoms with Crippen LogP contribution in [0.1, 0.15) is 24.2 Å². The number of rotatable bonds is 4. The maximum absolute atomic E-state index is 5.75. The normalized spacial score (nSPS) is 13.2. The van der Waals surface area contributed by atoms with E-state index >= 15 is 0 Å². The van der Waals surface area contributed by atoms with Gasteiger partial charge in [0.15, 0.2) is 0 Å². The van der Waals surface area contributed by atoms with Gasteiger partial charge in [0.1, 0.15) is 0 Å². The van der Waals surface area contributed by atoms with Gasteiger partial charge in [0.25, 0.3) is 0 Å². The van der Waals surface area contributed by atoms with E-state index in [4.69, 9.17) is 5.73 Å². The fraction of sp³-hybridized carbons (Fsp3) is 0.545. The molecule has 0 saturated heterocycles. The van der Waals surface area contributed by atoms with Crippen molar-refractivity contribution < 1.29 is 0 Å². The average molecular weight is 193 g/mol. The lowest BCUT2D eigenvalue weighted by atomic mass is 10.1. The minimum absolute atomic E-state index is 0.285. The summed E-state index contributed by atoms with van der Waals surface area (Å²) in [5.74, 6) is 0. The Hall–Kier alpha value is -0.930. The lowest BCUT2D eigenvalue weighted by molar-refractivity contribution is 0.263. The third-order valence-electron chi connectivity index (χ3n) is 2.57. The Morgan fingerprint density at radius 3 is 2.64 bits per heavy atom. The summed E-state index contributed by atoms with van der Waals surface area (Å²) in [6, 6.07) is 4.42. The highest BCUT2D eigenvalue weighted by Crippen LogP contribution is 2.16. The number of pyridine rings is 1. The van der Waals surface area contributed by atoms with Gasteiger partial charge in [-0.15, -0.1) is 0 Å². The van der Waals surface area contributed by atoms with Gasteiger partial charge in [-0.1, -0.05) is 13.0 Å². The van der Waals surface area contributed by atoms with Crippen LogP contribution < -0.4 is 5.73 Å². The molecule has 2 N–H and O–H groups in total. The van der Waals surface area contributed by atoms with Crippen LogP contribution in [-0.4, -0.2) is 30.0 Å². The van der Waals surface area contributed by atoms with Crippen molar-refractivity contribution in [1.29, 1.82) is 0 Å². The maximum atomic E-state index is 5.75. The monoisotopic (exact) mass is 193 g/mol. The average Bonchev–Trinajstić information content (AvgIpc) is 2.21. The first-order valence-electron chi connectivity index (χ1n) is 5.02. The molecule has 1 aromatic heterocycles. The van der Waals surface area contributed by atoms with Crippen molar-refractivity contribution in [2.24, 2.45) is 5.73 Å². The van der Waals surface area contributed by atoms with Crippen LogP contribution in [0.3, 0.4) is 0 Å². The van der Waals surface area contributed by atoms with Crippen LogP contribution in [-0.2, 0) is 0 Å². The smallest absolute Gasteiger partial charge is 0.0482 e. The van der Waals surface area contributed by atoms with Gasteiger partial charge >= 0.3 is 0 Å². The molecule has 1 heterocycles. The van der Waals surface area contributed by atoms with Crippen LogP contribution in [0.4, 0.5) is 0 Å². The topological polar surface area (TPSA) is 42.1 Å². The minimum atomic E-state index is 0.285. The maximum Gasteiger partial charge on any atom is 0.0482 e. The minimum Gasteiger partial charge on any atom is -0.329 e. The fourth-order valence-corrected chi connectivity index (χ4v) is 1.47. The second-order valence-electron chi connectivity index (χ2n) is 3.56. The van der Waals surface area contributed by atoms with Gasteiger partial charge in [0, 0.05) is 24.5 Å². The number of aryl methyl sites for hydroxylation is 1.